The van der Waals surface area contributed by atoms with Gasteiger partial charge in [0.05, 0.1) is 11.3 Å². The number of rotatable bonds is 3. The van der Waals surface area contributed by atoms with Crippen molar-refractivity contribution in [3.05, 3.63) is 29.6 Å². The first kappa shape index (κ1) is 12.4. The summed E-state index contributed by atoms with van der Waals surface area (Å²) in [6, 6.07) is 5.20. The Morgan fingerprint density at radius 2 is 2.16 bits per heavy atom. The molecule has 1 heterocycles. The summed E-state index contributed by atoms with van der Waals surface area (Å²) >= 11 is 0. The first-order valence-electron chi connectivity index (χ1n) is 6.74. The standard InChI is InChI=1S/C14H18FN3O/c15-12-3-1-2-11(13(12)16)14(19)17-9-6-7-18(8-9)10-4-5-10/h1-3,9-10H,4-8,16H2,(H,17,19). The van der Waals surface area contributed by atoms with E-state index in [4.69, 9.17) is 5.73 Å². The summed E-state index contributed by atoms with van der Waals surface area (Å²) in [5, 5.41) is 2.95. The lowest BCUT2D eigenvalue weighted by Gasteiger charge is -2.16. The van der Waals surface area contributed by atoms with Crippen molar-refractivity contribution in [3.8, 4) is 0 Å². The van der Waals surface area contributed by atoms with Crippen LogP contribution >= 0.6 is 0 Å². The highest BCUT2D eigenvalue weighted by Crippen LogP contribution is 2.29. The largest absolute Gasteiger partial charge is 0.396 e. The quantitative estimate of drug-likeness (QED) is 0.810. The minimum absolute atomic E-state index is 0.0722. The van der Waals surface area contributed by atoms with Crippen LogP contribution in [0, 0.1) is 5.82 Å². The number of likely N-dealkylation sites (tertiary alicyclic amines) is 1. The number of para-hydroxylation sites is 1. The van der Waals surface area contributed by atoms with E-state index in [-0.39, 0.29) is 23.2 Å². The maximum atomic E-state index is 13.3. The van der Waals surface area contributed by atoms with Gasteiger partial charge in [-0.3, -0.25) is 9.69 Å². The molecule has 1 aromatic carbocycles. The minimum atomic E-state index is -0.543. The van der Waals surface area contributed by atoms with Gasteiger partial charge in [0.15, 0.2) is 0 Å². The molecule has 1 aliphatic heterocycles. The van der Waals surface area contributed by atoms with Crippen LogP contribution in [0.25, 0.3) is 0 Å². The summed E-state index contributed by atoms with van der Waals surface area (Å²) in [6.45, 7) is 1.93. The van der Waals surface area contributed by atoms with Crippen molar-refractivity contribution in [2.45, 2.75) is 31.3 Å². The number of benzene rings is 1. The van der Waals surface area contributed by atoms with Gasteiger partial charge in [0.2, 0.25) is 0 Å². The van der Waals surface area contributed by atoms with E-state index in [1.165, 1.54) is 25.0 Å². The molecule has 5 heteroatoms. The highest BCUT2D eigenvalue weighted by molar-refractivity contribution is 5.99. The molecule has 3 rings (SSSR count). The van der Waals surface area contributed by atoms with E-state index in [1.807, 2.05) is 0 Å². The fourth-order valence-electron chi connectivity index (χ4n) is 2.67. The number of carbonyl (C=O) groups excluding carboxylic acids is 1. The molecule has 0 spiro atoms. The van der Waals surface area contributed by atoms with Crippen LogP contribution < -0.4 is 11.1 Å². The fraction of sp³-hybridized carbons (Fsp3) is 0.500. The average Bonchev–Trinajstić information content (AvgIpc) is 3.14. The zero-order chi connectivity index (χ0) is 13.4. The molecule has 0 radical (unpaired) electrons. The second-order valence-electron chi connectivity index (χ2n) is 5.39. The summed E-state index contributed by atoms with van der Waals surface area (Å²) < 4.78 is 13.3. The number of anilines is 1. The van der Waals surface area contributed by atoms with Crippen molar-refractivity contribution in [3.63, 3.8) is 0 Å². The molecule has 0 bridgehead atoms. The van der Waals surface area contributed by atoms with Crippen molar-refractivity contribution >= 4 is 11.6 Å². The number of nitrogen functional groups attached to an aromatic ring is 1. The van der Waals surface area contributed by atoms with Gasteiger partial charge in [-0.2, -0.15) is 0 Å². The molecule has 0 aromatic heterocycles. The Kier molecular flexibility index (Phi) is 3.14. The maximum absolute atomic E-state index is 13.3. The Bertz CT molecular complexity index is 501. The Morgan fingerprint density at radius 1 is 1.37 bits per heavy atom. The van der Waals surface area contributed by atoms with Crippen molar-refractivity contribution in [2.75, 3.05) is 18.8 Å². The zero-order valence-corrected chi connectivity index (χ0v) is 10.7. The third-order valence-corrected chi connectivity index (χ3v) is 3.92. The Morgan fingerprint density at radius 3 is 2.89 bits per heavy atom. The summed E-state index contributed by atoms with van der Waals surface area (Å²) in [7, 11) is 0. The van der Waals surface area contributed by atoms with E-state index in [0.717, 1.165) is 25.6 Å². The Balaban J connectivity index is 1.63. The van der Waals surface area contributed by atoms with Gasteiger partial charge in [0.25, 0.3) is 5.91 Å². The van der Waals surface area contributed by atoms with Crippen LogP contribution in [-0.2, 0) is 0 Å². The molecule has 102 valence electrons. The number of carbonyl (C=O) groups is 1. The topological polar surface area (TPSA) is 58.4 Å². The van der Waals surface area contributed by atoms with Gasteiger partial charge >= 0.3 is 0 Å². The van der Waals surface area contributed by atoms with Gasteiger partial charge in [-0.05, 0) is 31.4 Å². The molecule has 1 atom stereocenters. The second kappa shape index (κ2) is 4.81. The SMILES string of the molecule is Nc1c(F)cccc1C(=O)NC1CCN(C2CC2)C1. The average molecular weight is 263 g/mol. The summed E-state index contributed by atoms with van der Waals surface area (Å²) in [6.07, 6.45) is 3.51. The molecule has 3 N–H and O–H groups in total. The Labute approximate surface area is 111 Å². The van der Waals surface area contributed by atoms with E-state index in [2.05, 4.69) is 10.2 Å². The molecule has 1 unspecified atom stereocenters. The first-order valence-corrected chi connectivity index (χ1v) is 6.74. The van der Waals surface area contributed by atoms with E-state index in [9.17, 15) is 9.18 Å². The lowest BCUT2D eigenvalue weighted by Crippen LogP contribution is -2.37. The normalized spacial score (nSPS) is 23.5. The lowest BCUT2D eigenvalue weighted by atomic mass is 10.1. The Hall–Kier alpha value is -1.62. The van der Waals surface area contributed by atoms with Crippen molar-refractivity contribution in [1.29, 1.82) is 0 Å². The van der Waals surface area contributed by atoms with Crippen LogP contribution in [0.4, 0.5) is 10.1 Å². The van der Waals surface area contributed by atoms with Crippen molar-refractivity contribution in [2.24, 2.45) is 0 Å². The van der Waals surface area contributed by atoms with E-state index in [0.29, 0.717) is 0 Å². The molecule has 19 heavy (non-hydrogen) atoms. The van der Waals surface area contributed by atoms with E-state index >= 15 is 0 Å². The third kappa shape index (κ3) is 2.56. The van der Waals surface area contributed by atoms with Gasteiger partial charge in [0, 0.05) is 25.2 Å². The van der Waals surface area contributed by atoms with Gasteiger partial charge in [-0.25, -0.2) is 4.39 Å². The predicted molar refractivity (Wildman–Crippen MR) is 71.3 cm³/mol. The van der Waals surface area contributed by atoms with Crippen molar-refractivity contribution < 1.29 is 9.18 Å². The zero-order valence-electron chi connectivity index (χ0n) is 10.7. The number of hydrogen-bond donors (Lipinski definition) is 2. The molecule has 2 aliphatic rings. The first-order chi connectivity index (χ1) is 9.15. The lowest BCUT2D eigenvalue weighted by molar-refractivity contribution is 0.0938. The fourth-order valence-corrected chi connectivity index (χ4v) is 2.67. The molecular weight excluding hydrogens is 245 g/mol. The van der Waals surface area contributed by atoms with E-state index in [1.54, 1.807) is 6.07 Å². The van der Waals surface area contributed by atoms with Crippen LogP contribution in [0.2, 0.25) is 0 Å². The number of nitrogens with zero attached hydrogens (tertiary/aromatic N) is 1. The molecule has 1 amide bonds. The van der Waals surface area contributed by atoms with Crippen LogP contribution in [0.1, 0.15) is 29.6 Å². The van der Waals surface area contributed by atoms with Crippen LogP contribution in [0.3, 0.4) is 0 Å². The summed E-state index contributed by atoms with van der Waals surface area (Å²) in [4.78, 5) is 14.5. The number of nitrogens with one attached hydrogen (secondary N) is 1. The monoisotopic (exact) mass is 263 g/mol. The van der Waals surface area contributed by atoms with E-state index < -0.39 is 5.82 Å². The van der Waals surface area contributed by atoms with Crippen molar-refractivity contribution in [1.82, 2.24) is 10.2 Å². The number of amides is 1. The van der Waals surface area contributed by atoms with Crippen LogP contribution in [-0.4, -0.2) is 36.0 Å². The number of halogens is 1. The van der Waals surface area contributed by atoms with Gasteiger partial charge < -0.3 is 11.1 Å². The smallest absolute Gasteiger partial charge is 0.253 e. The molecule has 4 nitrogen and oxygen atoms in total. The van der Waals surface area contributed by atoms with Crippen LogP contribution in [0.15, 0.2) is 18.2 Å². The maximum Gasteiger partial charge on any atom is 0.253 e. The highest BCUT2D eigenvalue weighted by atomic mass is 19.1. The predicted octanol–water partition coefficient (Wildman–Crippen LogP) is 1.37. The molecule has 2 fully saturated rings. The van der Waals surface area contributed by atoms with Gasteiger partial charge in [0.1, 0.15) is 5.82 Å². The number of nitrogens with two attached hydrogens (primary N) is 1. The molecule has 1 aliphatic carbocycles. The van der Waals surface area contributed by atoms with Gasteiger partial charge in [-0.15, -0.1) is 0 Å². The number of hydrogen-bond acceptors (Lipinski definition) is 3. The molecule has 1 saturated carbocycles. The molecular formula is C14H18FN3O. The minimum Gasteiger partial charge on any atom is -0.396 e. The van der Waals surface area contributed by atoms with Crippen LogP contribution in [0.5, 0.6) is 0 Å². The second-order valence-corrected chi connectivity index (χ2v) is 5.39. The highest BCUT2D eigenvalue weighted by Gasteiger charge is 2.34. The molecule has 1 aromatic rings. The van der Waals surface area contributed by atoms with Gasteiger partial charge in [-0.1, -0.05) is 6.07 Å². The third-order valence-electron chi connectivity index (χ3n) is 3.92. The molecule has 1 saturated heterocycles. The summed E-state index contributed by atoms with van der Waals surface area (Å²) in [5.74, 6) is -0.821. The summed E-state index contributed by atoms with van der Waals surface area (Å²) in [5.41, 5.74) is 5.75.